The normalized spacial score (nSPS) is 25.8. The van der Waals surface area contributed by atoms with Crippen LogP contribution in [-0.2, 0) is 14.3 Å². The number of carbonyl (C=O) groups excluding carboxylic acids is 1. The topological polar surface area (TPSA) is 124 Å². The number of methoxy groups -OCH3 is 1. The van der Waals surface area contributed by atoms with Gasteiger partial charge in [0.15, 0.2) is 10.8 Å². The van der Waals surface area contributed by atoms with E-state index in [2.05, 4.69) is 15.3 Å². The van der Waals surface area contributed by atoms with E-state index in [0.29, 0.717) is 11.9 Å². The number of esters is 1. The molecule has 3 heterocycles. The third-order valence-electron chi connectivity index (χ3n) is 7.06. The summed E-state index contributed by atoms with van der Waals surface area (Å²) < 4.78 is 49.5. The number of alkyl halides is 2. The van der Waals surface area contributed by atoms with Crippen molar-refractivity contribution in [3.63, 3.8) is 0 Å². The molecule has 4 atom stereocenters. The summed E-state index contributed by atoms with van der Waals surface area (Å²) in [5, 5.41) is 25.1. The molecule has 3 N–H and O–H groups in total. The van der Waals surface area contributed by atoms with Gasteiger partial charge in [-0.3, -0.25) is 14.7 Å². The number of hydrogen-bond acceptors (Lipinski definition) is 9. The molecule has 0 saturated carbocycles. The van der Waals surface area contributed by atoms with Crippen LogP contribution in [0.2, 0.25) is 5.02 Å². The number of hydrogen-bond donors (Lipinski definition) is 3. The number of aliphatic carboxylic acids is 1. The number of nitrogens with zero attached hydrogens (tertiary/aromatic N) is 3. The molecule has 4 rings (SSSR count). The third-order valence-corrected chi connectivity index (χ3v) is 8.24. The highest BCUT2D eigenvalue weighted by molar-refractivity contribution is 7.11. The number of carboxylic acid groups (broad SMARTS) is 1. The lowest BCUT2D eigenvalue weighted by atomic mass is 9.78. The van der Waals surface area contributed by atoms with Crippen molar-refractivity contribution in [2.75, 3.05) is 13.7 Å². The highest BCUT2D eigenvalue weighted by Crippen LogP contribution is 2.42. The third kappa shape index (κ3) is 6.17. The molecule has 9 nitrogen and oxygen atoms in total. The number of carbonyl (C=O) groups is 2. The van der Waals surface area contributed by atoms with Crippen LogP contribution in [0.15, 0.2) is 46.0 Å². The van der Waals surface area contributed by atoms with Crippen LogP contribution >= 0.6 is 22.9 Å². The summed E-state index contributed by atoms with van der Waals surface area (Å²) in [4.78, 5) is 34.8. The van der Waals surface area contributed by atoms with E-state index in [9.17, 15) is 24.2 Å². The molecule has 0 bridgehead atoms. The zero-order valence-electron chi connectivity index (χ0n) is 21.8. The summed E-state index contributed by atoms with van der Waals surface area (Å²) in [6.45, 7) is 2.05. The van der Waals surface area contributed by atoms with Gasteiger partial charge in [-0.1, -0.05) is 23.7 Å². The maximum atomic E-state index is 15.0. The van der Waals surface area contributed by atoms with E-state index in [1.54, 1.807) is 12.3 Å². The maximum absolute atomic E-state index is 15.0. The van der Waals surface area contributed by atoms with Crippen LogP contribution in [0.1, 0.15) is 49.7 Å². The van der Waals surface area contributed by atoms with Crippen LogP contribution in [0.3, 0.4) is 0 Å². The van der Waals surface area contributed by atoms with Crippen LogP contribution in [0.5, 0.6) is 0 Å². The number of piperidine rings is 1. The number of ether oxygens (including phenoxy) is 1. The summed E-state index contributed by atoms with van der Waals surface area (Å²) in [5.41, 5.74) is -1.60. The van der Waals surface area contributed by atoms with Gasteiger partial charge in [-0.15, -0.1) is 11.3 Å². The van der Waals surface area contributed by atoms with Gasteiger partial charge in [0.25, 0.3) is 5.92 Å². The van der Waals surface area contributed by atoms with Gasteiger partial charge in [0.05, 0.1) is 35.8 Å². The Morgan fingerprint density at radius 3 is 2.67 bits per heavy atom. The molecule has 2 unspecified atom stereocenters. The minimum absolute atomic E-state index is 0.0629. The van der Waals surface area contributed by atoms with Crippen LogP contribution in [-0.4, -0.2) is 75.1 Å². The number of aliphatic hydroxyl groups is 1. The Morgan fingerprint density at radius 2 is 2.08 bits per heavy atom. The van der Waals surface area contributed by atoms with Crippen molar-refractivity contribution < 1.29 is 37.7 Å². The Morgan fingerprint density at radius 1 is 1.35 bits per heavy atom. The number of rotatable bonds is 8. The first-order valence-corrected chi connectivity index (χ1v) is 13.6. The first-order chi connectivity index (χ1) is 18.7. The number of amidine groups is 1. The molecule has 2 aromatic rings. The minimum Gasteiger partial charge on any atom is -0.481 e. The van der Waals surface area contributed by atoms with E-state index < -0.39 is 60.2 Å². The minimum atomic E-state index is -3.35. The summed E-state index contributed by atoms with van der Waals surface area (Å²) >= 11 is 7.53. The fourth-order valence-electron chi connectivity index (χ4n) is 5.36. The molecular formula is C26H28ClF3N4O5S. The molecule has 0 spiro atoms. The number of aromatic nitrogens is 1. The summed E-state index contributed by atoms with van der Waals surface area (Å²) in [6, 6.07) is 0.615. The molecule has 1 aromatic carbocycles. The van der Waals surface area contributed by atoms with Crippen LogP contribution in [0, 0.1) is 5.82 Å². The molecule has 0 radical (unpaired) electrons. The molecule has 0 aliphatic carbocycles. The lowest BCUT2D eigenvalue weighted by molar-refractivity contribution is -0.162. The molecular weight excluding hydrogens is 573 g/mol. The SMILES string of the molecule is COC(=O)C1=C(CN2C(C)C[C@@](O)(CC(=O)O)CC2C(C)(F)F)NC(c2nccs2)=N[C@H]1c1cccc(F)c1Cl. The van der Waals surface area contributed by atoms with E-state index in [4.69, 9.17) is 16.3 Å². The molecule has 40 heavy (non-hydrogen) atoms. The number of thiazole rings is 1. The number of likely N-dealkylation sites (tertiary alicyclic amines) is 1. The second-order valence-corrected chi connectivity index (χ2v) is 11.3. The van der Waals surface area contributed by atoms with Crippen molar-refractivity contribution >= 4 is 40.7 Å². The number of halogens is 4. The predicted octanol–water partition coefficient (Wildman–Crippen LogP) is 4.17. The lowest BCUT2D eigenvalue weighted by Gasteiger charge is -2.49. The first kappa shape index (κ1) is 30.0. The van der Waals surface area contributed by atoms with Gasteiger partial charge >= 0.3 is 11.9 Å². The fourth-order valence-corrected chi connectivity index (χ4v) is 6.17. The van der Waals surface area contributed by atoms with Crippen molar-refractivity contribution in [3.05, 3.63) is 62.5 Å². The van der Waals surface area contributed by atoms with Crippen molar-refractivity contribution in [2.24, 2.45) is 4.99 Å². The average Bonchev–Trinajstić information content (AvgIpc) is 3.40. The van der Waals surface area contributed by atoms with Gasteiger partial charge in [0.1, 0.15) is 11.9 Å². The number of carboxylic acids is 1. The monoisotopic (exact) mass is 600 g/mol. The van der Waals surface area contributed by atoms with E-state index in [1.165, 1.54) is 34.6 Å². The molecule has 2 aliphatic heterocycles. The van der Waals surface area contributed by atoms with Crippen molar-refractivity contribution in [1.82, 2.24) is 15.2 Å². The van der Waals surface area contributed by atoms with Crippen LogP contribution in [0.25, 0.3) is 0 Å². The van der Waals surface area contributed by atoms with Gasteiger partial charge in [-0.2, -0.15) is 0 Å². The highest BCUT2D eigenvalue weighted by Gasteiger charge is 2.51. The second-order valence-electron chi connectivity index (χ2n) is 10.1. The predicted molar refractivity (Wildman–Crippen MR) is 142 cm³/mol. The van der Waals surface area contributed by atoms with Gasteiger partial charge in [-0.25, -0.2) is 22.9 Å². The molecule has 0 amide bonds. The number of benzene rings is 1. The summed E-state index contributed by atoms with van der Waals surface area (Å²) in [5.74, 6) is -6.00. The van der Waals surface area contributed by atoms with Crippen molar-refractivity contribution in [3.8, 4) is 0 Å². The zero-order valence-corrected chi connectivity index (χ0v) is 23.4. The Bertz CT molecular complexity index is 1350. The lowest BCUT2D eigenvalue weighted by Crippen LogP contribution is -2.61. The average molecular weight is 601 g/mol. The Hall–Kier alpha value is -3.00. The van der Waals surface area contributed by atoms with E-state index in [-0.39, 0.29) is 40.7 Å². The van der Waals surface area contributed by atoms with Gasteiger partial charge in [0, 0.05) is 42.3 Å². The first-order valence-electron chi connectivity index (χ1n) is 12.3. The maximum Gasteiger partial charge on any atom is 0.338 e. The van der Waals surface area contributed by atoms with Gasteiger partial charge in [0.2, 0.25) is 0 Å². The quantitative estimate of drug-likeness (QED) is 0.386. The Kier molecular flexibility index (Phi) is 8.60. The Labute approximate surface area is 237 Å². The summed E-state index contributed by atoms with van der Waals surface area (Å²) in [6.07, 6.45) is 0.240. The molecule has 1 saturated heterocycles. The highest BCUT2D eigenvalue weighted by atomic mass is 35.5. The van der Waals surface area contributed by atoms with E-state index >= 15 is 8.78 Å². The van der Waals surface area contributed by atoms with Crippen molar-refractivity contribution in [1.29, 1.82) is 0 Å². The largest absolute Gasteiger partial charge is 0.481 e. The fraction of sp³-hybridized carbons (Fsp3) is 0.462. The van der Waals surface area contributed by atoms with Gasteiger partial charge < -0.3 is 20.3 Å². The van der Waals surface area contributed by atoms with Crippen molar-refractivity contribution in [2.45, 2.75) is 62.8 Å². The molecule has 14 heteroatoms. The van der Waals surface area contributed by atoms with Crippen LogP contribution < -0.4 is 5.32 Å². The molecule has 2 aliphatic rings. The Balaban J connectivity index is 1.84. The molecule has 1 aromatic heterocycles. The summed E-state index contributed by atoms with van der Waals surface area (Å²) in [7, 11) is 1.15. The zero-order chi connectivity index (χ0) is 29.4. The smallest absolute Gasteiger partial charge is 0.338 e. The number of aliphatic imine (C=N–C) groups is 1. The van der Waals surface area contributed by atoms with E-state index in [0.717, 1.165) is 13.2 Å². The second kappa shape index (κ2) is 11.5. The standard InChI is InChI=1S/C26H28ClF3N4O5S/c1-13-9-26(38,11-18(35)36)10-17(25(2,29)30)34(13)12-16-19(24(37)39-3)21(14-5-4-6-15(28)20(14)27)33-22(32-16)23-31-7-8-40-23/h4-8,13,17,21,38H,9-12H2,1-3H3,(H,32,33)(H,35,36)/t13?,17?,21-,26-/m0/s1. The molecule has 1 fully saturated rings. The van der Waals surface area contributed by atoms with Crippen LogP contribution in [0.4, 0.5) is 13.2 Å². The molecule has 216 valence electrons. The number of nitrogens with one attached hydrogen (secondary N) is 1. The van der Waals surface area contributed by atoms with Gasteiger partial charge in [-0.05, 0) is 25.8 Å². The van der Waals surface area contributed by atoms with E-state index in [1.807, 2.05) is 0 Å².